The Morgan fingerprint density at radius 2 is 1.85 bits per heavy atom. The van der Waals surface area contributed by atoms with E-state index in [0.717, 1.165) is 42.7 Å². The quantitative estimate of drug-likeness (QED) is 0.826. The Balaban J connectivity index is 1.50. The van der Waals surface area contributed by atoms with E-state index < -0.39 is 0 Å². The van der Waals surface area contributed by atoms with Crippen molar-refractivity contribution in [2.45, 2.75) is 70.8 Å². The molecule has 2 N–H and O–H groups in total. The zero-order valence-electron chi connectivity index (χ0n) is 13.4. The Labute approximate surface area is 124 Å². The van der Waals surface area contributed by atoms with E-state index >= 15 is 0 Å². The molecule has 3 atom stereocenters. The first-order valence-electron chi connectivity index (χ1n) is 8.96. The van der Waals surface area contributed by atoms with Crippen LogP contribution in [0.2, 0.25) is 0 Å². The minimum atomic E-state index is 0.0211. The molecule has 2 bridgehead atoms. The molecule has 2 nitrogen and oxygen atoms in total. The molecule has 0 amide bonds. The minimum Gasteiger partial charge on any atom is -0.373 e. The van der Waals surface area contributed by atoms with Crippen molar-refractivity contribution >= 4 is 0 Å². The maximum Gasteiger partial charge on any atom is 0.0804 e. The summed E-state index contributed by atoms with van der Waals surface area (Å²) in [7, 11) is 0. The summed E-state index contributed by atoms with van der Waals surface area (Å²) in [4.78, 5) is 0. The molecule has 0 aromatic heterocycles. The van der Waals surface area contributed by atoms with Crippen LogP contribution >= 0.6 is 0 Å². The Bertz CT molecular complexity index is 319. The van der Waals surface area contributed by atoms with Crippen molar-refractivity contribution in [1.82, 2.24) is 0 Å². The van der Waals surface area contributed by atoms with Gasteiger partial charge in [-0.1, -0.05) is 20.3 Å². The molecular formula is C18H33NO. The molecule has 0 saturated heterocycles. The topological polar surface area (TPSA) is 35.2 Å². The van der Waals surface area contributed by atoms with E-state index in [2.05, 4.69) is 13.8 Å². The Kier molecular flexibility index (Phi) is 4.42. The van der Waals surface area contributed by atoms with E-state index in [0.29, 0.717) is 0 Å². The van der Waals surface area contributed by atoms with Crippen LogP contribution in [0.1, 0.15) is 65.2 Å². The summed E-state index contributed by atoms with van der Waals surface area (Å²) in [5.74, 6) is 4.55. The number of rotatable bonds is 5. The van der Waals surface area contributed by atoms with E-state index in [-0.39, 0.29) is 5.60 Å². The van der Waals surface area contributed by atoms with Gasteiger partial charge in [-0.3, -0.25) is 0 Å². The van der Waals surface area contributed by atoms with Gasteiger partial charge in [-0.05, 0) is 74.5 Å². The van der Waals surface area contributed by atoms with Crippen LogP contribution in [-0.2, 0) is 4.74 Å². The molecule has 3 aliphatic carbocycles. The van der Waals surface area contributed by atoms with Gasteiger partial charge in [-0.2, -0.15) is 0 Å². The monoisotopic (exact) mass is 279 g/mol. The molecule has 3 unspecified atom stereocenters. The number of fused-ring (bicyclic) bond motifs is 2. The van der Waals surface area contributed by atoms with Crippen LogP contribution < -0.4 is 5.73 Å². The molecule has 0 aromatic carbocycles. The van der Waals surface area contributed by atoms with Gasteiger partial charge in [-0.15, -0.1) is 0 Å². The molecule has 3 aliphatic rings. The zero-order chi connectivity index (χ0) is 14.2. The highest BCUT2D eigenvalue weighted by Crippen LogP contribution is 2.49. The fourth-order valence-corrected chi connectivity index (χ4v) is 5.10. The summed E-state index contributed by atoms with van der Waals surface area (Å²) >= 11 is 0. The van der Waals surface area contributed by atoms with Gasteiger partial charge in [0.25, 0.3) is 0 Å². The Morgan fingerprint density at radius 3 is 2.35 bits per heavy atom. The zero-order valence-corrected chi connectivity index (χ0v) is 13.4. The Morgan fingerprint density at radius 1 is 1.10 bits per heavy atom. The SMILES string of the molecule is CC(C)C1CCC(CN)(OCC2CC3CCC2C3)CC1. The van der Waals surface area contributed by atoms with Gasteiger partial charge in [-0.25, -0.2) is 0 Å². The lowest BCUT2D eigenvalue weighted by Gasteiger charge is -2.41. The van der Waals surface area contributed by atoms with Crippen molar-refractivity contribution in [3.05, 3.63) is 0 Å². The predicted molar refractivity (Wildman–Crippen MR) is 83.5 cm³/mol. The summed E-state index contributed by atoms with van der Waals surface area (Å²) in [5.41, 5.74) is 6.12. The van der Waals surface area contributed by atoms with Gasteiger partial charge in [0.15, 0.2) is 0 Å². The molecule has 20 heavy (non-hydrogen) atoms. The average molecular weight is 279 g/mol. The number of ether oxygens (including phenoxy) is 1. The standard InChI is InChI=1S/C18H33NO/c1-13(2)15-5-7-18(12-19,8-6-15)20-11-17-10-14-3-4-16(17)9-14/h13-17H,3-12,19H2,1-2H3. The van der Waals surface area contributed by atoms with Gasteiger partial charge in [0.1, 0.15) is 0 Å². The third-order valence-corrected chi connectivity index (χ3v) is 6.74. The van der Waals surface area contributed by atoms with Crippen LogP contribution in [0.3, 0.4) is 0 Å². The molecule has 116 valence electrons. The largest absolute Gasteiger partial charge is 0.373 e. The van der Waals surface area contributed by atoms with Crippen LogP contribution in [0.15, 0.2) is 0 Å². The molecule has 0 radical (unpaired) electrons. The summed E-state index contributed by atoms with van der Waals surface area (Å²) in [6.45, 7) is 6.43. The molecule has 3 rings (SSSR count). The van der Waals surface area contributed by atoms with Crippen molar-refractivity contribution in [2.75, 3.05) is 13.2 Å². The molecule has 0 aromatic rings. The smallest absolute Gasteiger partial charge is 0.0804 e. The first kappa shape index (κ1) is 14.8. The van der Waals surface area contributed by atoms with Gasteiger partial charge in [0.2, 0.25) is 0 Å². The molecule has 2 heteroatoms. The van der Waals surface area contributed by atoms with E-state index in [4.69, 9.17) is 10.5 Å². The Hall–Kier alpha value is -0.0800. The van der Waals surface area contributed by atoms with Crippen LogP contribution in [0.4, 0.5) is 0 Å². The van der Waals surface area contributed by atoms with Crippen LogP contribution in [0, 0.1) is 29.6 Å². The van der Waals surface area contributed by atoms with Gasteiger partial charge in [0, 0.05) is 6.54 Å². The maximum atomic E-state index is 6.46. The van der Waals surface area contributed by atoms with E-state index in [9.17, 15) is 0 Å². The highest BCUT2D eigenvalue weighted by atomic mass is 16.5. The van der Waals surface area contributed by atoms with E-state index in [1.165, 1.54) is 51.4 Å². The maximum absolute atomic E-state index is 6.46. The van der Waals surface area contributed by atoms with Crippen molar-refractivity contribution in [2.24, 2.45) is 35.3 Å². The predicted octanol–water partition coefficient (Wildman–Crippen LogP) is 3.98. The second kappa shape index (κ2) is 5.96. The summed E-state index contributed by atoms with van der Waals surface area (Å²) in [6, 6.07) is 0. The fraction of sp³-hybridized carbons (Fsp3) is 1.00. The average Bonchev–Trinajstić information content (AvgIpc) is 3.08. The van der Waals surface area contributed by atoms with Crippen molar-refractivity contribution < 1.29 is 4.74 Å². The highest BCUT2D eigenvalue weighted by molar-refractivity contribution is 4.93. The van der Waals surface area contributed by atoms with Gasteiger partial charge < -0.3 is 10.5 Å². The van der Waals surface area contributed by atoms with Crippen LogP contribution in [-0.4, -0.2) is 18.8 Å². The summed E-state index contributed by atoms with van der Waals surface area (Å²) in [6.07, 6.45) is 10.9. The second-order valence-electron chi connectivity index (χ2n) is 8.21. The lowest BCUT2D eigenvalue weighted by molar-refractivity contribution is -0.0919. The van der Waals surface area contributed by atoms with Crippen molar-refractivity contribution in [1.29, 1.82) is 0 Å². The lowest BCUT2D eigenvalue weighted by atomic mass is 9.74. The lowest BCUT2D eigenvalue weighted by Crippen LogP contribution is -2.45. The molecular weight excluding hydrogens is 246 g/mol. The van der Waals surface area contributed by atoms with E-state index in [1.54, 1.807) is 0 Å². The van der Waals surface area contributed by atoms with Gasteiger partial charge >= 0.3 is 0 Å². The number of hydrogen-bond acceptors (Lipinski definition) is 2. The van der Waals surface area contributed by atoms with Crippen molar-refractivity contribution in [3.63, 3.8) is 0 Å². The van der Waals surface area contributed by atoms with Crippen LogP contribution in [0.5, 0.6) is 0 Å². The van der Waals surface area contributed by atoms with Crippen molar-refractivity contribution in [3.8, 4) is 0 Å². The molecule has 0 aliphatic heterocycles. The van der Waals surface area contributed by atoms with E-state index in [1.807, 2.05) is 0 Å². The third kappa shape index (κ3) is 2.92. The summed E-state index contributed by atoms with van der Waals surface area (Å²) in [5, 5.41) is 0. The minimum absolute atomic E-state index is 0.0211. The van der Waals surface area contributed by atoms with Crippen LogP contribution in [0.25, 0.3) is 0 Å². The highest BCUT2D eigenvalue weighted by Gasteiger charge is 2.42. The summed E-state index contributed by atoms with van der Waals surface area (Å²) < 4.78 is 6.46. The van der Waals surface area contributed by atoms with Gasteiger partial charge in [0.05, 0.1) is 12.2 Å². The first-order valence-corrected chi connectivity index (χ1v) is 8.96. The number of nitrogens with two attached hydrogens (primary N) is 1. The number of hydrogen-bond donors (Lipinski definition) is 1. The third-order valence-electron chi connectivity index (χ3n) is 6.74. The molecule has 0 spiro atoms. The first-order chi connectivity index (χ1) is 9.62. The normalized spacial score (nSPS) is 44.4. The molecule has 3 fully saturated rings. The fourth-order valence-electron chi connectivity index (χ4n) is 5.10. The molecule has 3 saturated carbocycles. The second-order valence-corrected chi connectivity index (χ2v) is 8.21. The molecule has 0 heterocycles.